The number of halogens is 3. The standard InChI is InChI=1S/C23H29F3N4O2/c24-23(25,26)19-9-5-4-6-17(19)14-29-10-12-30(13-11-29)15-21-28-20(16-32-21)22(31)27-18-7-2-1-3-8-18/h4-6,9,16,18H,1-3,7-8,10-15H2,(H,27,31). The lowest BCUT2D eigenvalue weighted by molar-refractivity contribution is -0.138. The molecule has 1 aromatic carbocycles. The SMILES string of the molecule is O=C(NC1CCCCC1)c1coc(CN2CCN(Cc3ccccc3C(F)(F)F)CC2)n1. The molecule has 0 spiro atoms. The maximum absolute atomic E-state index is 13.2. The van der Waals surface area contributed by atoms with E-state index < -0.39 is 11.7 Å². The molecule has 1 amide bonds. The summed E-state index contributed by atoms with van der Waals surface area (Å²) in [5.74, 6) is 0.287. The number of benzene rings is 1. The van der Waals surface area contributed by atoms with Gasteiger partial charge in [-0.25, -0.2) is 4.98 Å². The monoisotopic (exact) mass is 450 g/mol. The molecule has 9 heteroatoms. The molecular weight excluding hydrogens is 421 g/mol. The number of carbonyl (C=O) groups excluding carboxylic acids is 1. The minimum Gasteiger partial charge on any atom is -0.447 e. The van der Waals surface area contributed by atoms with Crippen molar-refractivity contribution in [3.63, 3.8) is 0 Å². The third-order valence-corrected chi connectivity index (χ3v) is 6.27. The number of oxazole rings is 1. The average molecular weight is 451 g/mol. The Morgan fingerprint density at radius 1 is 1.03 bits per heavy atom. The summed E-state index contributed by atoms with van der Waals surface area (Å²) in [5.41, 5.74) is 0.0315. The van der Waals surface area contributed by atoms with Gasteiger partial charge in [-0.1, -0.05) is 37.5 Å². The third-order valence-electron chi connectivity index (χ3n) is 6.27. The quantitative estimate of drug-likeness (QED) is 0.719. The number of hydrogen-bond acceptors (Lipinski definition) is 5. The number of nitrogens with zero attached hydrogens (tertiary/aromatic N) is 3. The van der Waals surface area contributed by atoms with Crippen molar-refractivity contribution in [2.45, 2.75) is 57.4 Å². The number of carbonyl (C=O) groups is 1. The van der Waals surface area contributed by atoms with Crippen LogP contribution in [0.1, 0.15) is 59.6 Å². The molecule has 174 valence electrons. The molecule has 2 heterocycles. The van der Waals surface area contributed by atoms with Crippen LogP contribution in [0.3, 0.4) is 0 Å². The van der Waals surface area contributed by atoms with Crippen molar-refractivity contribution in [2.75, 3.05) is 26.2 Å². The Kier molecular flexibility index (Phi) is 7.15. The van der Waals surface area contributed by atoms with Gasteiger partial charge in [0, 0.05) is 38.8 Å². The highest BCUT2D eigenvalue weighted by molar-refractivity contribution is 5.92. The summed E-state index contributed by atoms with van der Waals surface area (Å²) in [6.45, 7) is 3.45. The molecule has 1 aliphatic carbocycles. The second-order valence-electron chi connectivity index (χ2n) is 8.64. The second kappa shape index (κ2) is 10.0. The highest BCUT2D eigenvalue weighted by Gasteiger charge is 2.33. The van der Waals surface area contributed by atoms with Crippen LogP contribution in [0.4, 0.5) is 13.2 Å². The zero-order valence-electron chi connectivity index (χ0n) is 18.0. The van der Waals surface area contributed by atoms with Gasteiger partial charge in [-0.3, -0.25) is 14.6 Å². The molecule has 2 fully saturated rings. The van der Waals surface area contributed by atoms with Crippen molar-refractivity contribution in [1.82, 2.24) is 20.1 Å². The van der Waals surface area contributed by atoms with E-state index in [9.17, 15) is 18.0 Å². The summed E-state index contributed by atoms with van der Waals surface area (Å²) in [7, 11) is 0. The molecule has 0 bridgehead atoms. The Morgan fingerprint density at radius 3 is 2.38 bits per heavy atom. The molecule has 0 radical (unpaired) electrons. The summed E-state index contributed by atoms with van der Waals surface area (Å²) in [6, 6.07) is 5.96. The van der Waals surface area contributed by atoms with E-state index in [4.69, 9.17) is 4.42 Å². The Morgan fingerprint density at radius 2 is 1.69 bits per heavy atom. The van der Waals surface area contributed by atoms with E-state index in [2.05, 4.69) is 15.2 Å². The lowest BCUT2D eigenvalue weighted by atomic mass is 9.95. The van der Waals surface area contributed by atoms with Gasteiger partial charge < -0.3 is 9.73 Å². The first-order valence-electron chi connectivity index (χ1n) is 11.2. The van der Waals surface area contributed by atoms with E-state index in [1.54, 1.807) is 12.1 Å². The minimum atomic E-state index is -4.34. The smallest absolute Gasteiger partial charge is 0.416 e. The van der Waals surface area contributed by atoms with Gasteiger partial charge in [0.05, 0.1) is 12.1 Å². The van der Waals surface area contributed by atoms with Crippen LogP contribution in [0, 0.1) is 0 Å². The fourth-order valence-electron chi connectivity index (χ4n) is 4.47. The molecule has 1 aliphatic heterocycles. The van der Waals surface area contributed by atoms with E-state index in [1.165, 1.54) is 18.8 Å². The Hall–Kier alpha value is -2.39. The van der Waals surface area contributed by atoms with Crippen molar-refractivity contribution < 1.29 is 22.4 Å². The van der Waals surface area contributed by atoms with Gasteiger partial charge in [-0.2, -0.15) is 13.2 Å². The van der Waals surface area contributed by atoms with Crippen molar-refractivity contribution >= 4 is 5.91 Å². The normalized spacial score (nSPS) is 19.2. The van der Waals surface area contributed by atoms with E-state index in [0.29, 0.717) is 49.9 Å². The van der Waals surface area contributed by atoms with Crippen LogP contribution in [-0.4, -0.2) is 52.9 Å². The molecule has 0 unspecified atom stereocenters. The summed E-state index contributed by atoms with van der Waals surface area (Å²) in [4.78, 5) is 20.9. The van der Waals surface area contributed by atoms with E-state index in [1.807, 2.05) is 4.90 Å². The fourth-order valence-corrected chi connectivity index (χ4v) is 4.47. The topological polar surface area (TPSA) is 61.6 Å². The Labute approximate surface area is 185 Å². The first kappa shape index (κ1) is 22.8. The van der Waals surface area contributed by atoms with Crippen molar-refractivity contribution in [2.24, 2.45) is 0 Å². The van der Waals surface area contributed by atoms with E-state index in [-0.39, 0.29) is 18.5 Å². The summed E-state index contributed by atoms with van der Waals surface area (Å²) >= 11 is 0. The third kappa shape index (κ3) is 5.89. The van der Waals surface area contributed by atoms with Crippen molar-refractivity contribution in [3.05, 3.63) is 53.2 Å². The zero-order valence-corrected chi connectivity index (χ0v) is 18.0. The van der Waals surface area contributed by atoms with Crippen LogP contribution in [0.25, 0.3) is 0 Å². The zero-order chi connectivity index (χ0) is 22.6. The van der Waals surface area contributed by atoms with Crippen molar-refractivity contribution in [3.8, 4) is 0 Å². The largest absolute Gasteiger partial charge is 0.447 e. The first-order chi connectivity index (χ1) is 15.4. The molecule has 32 heavy (non-hydrogen) atoms. The first-order valence-corrected chi connectivity index (χ1v) is 11.2. The number of nitrogens with one attached hydrogen (secondary N) is 1. The van der Waals surface area contributed by atoms with Gasteiger partial charge in [0.1, 0.15) is 6.26 Å². The van der Waals surface area contributed by atoms with Gasteiger partial charge in [0.15, 0.2) is 5.69 Å². The molecule has 0 atom stereocenters. The van der Waals surface area contributed by atoms with Crippen LogP contribution in [0.15, 0.2) is 34.9 Å². The highest BCUT2D eigenvalue weighted by Crippen LogP contribution is 2.32. The van der Waals surface area contributed by atoms with Gasteiger partial charge in [-0.05, 0) is 24.5 Å². The summed E-state index contributed by atoms with van der Waals surface area (Å²) < 4.78 is 45.2. The molecule has 4 rings (SSSR count). The van der Waals surface area contributed by atoms with Gasteiger partial charge in [0.25, 0.3) is 5.91 Å². The molecule has 1 saturated carbocycles. The maximum atomic E-state index is 13.2. The highest BCUT2D eigenvalue weighted by atomic mass is 19.4. The van der Waals surface area contributed by atoms with Crippen LogP contribution in [-0.2, 0) is 19.3 Å². The molecule has 2 aromatic rings. The number of alkyl halides is 3. The van der Waals surface area contributed by atoms with Crippen molar-refractivity contribution in [1.29, 1.82) is 0 Å². The van der Waals surface area contributed by atoms with Crippen LogP contribution >= 0.6 is 0 Å². The fraction of sp³-hybridized carbons (Fsp3) is 0.565. The van der Waals surface area contributed by atoms with Crippen LogP contribution in [0.2, 0.25) is 0 Å². The molecule has 1 N–H and O–H groups in total. The predicted octanol–water partition coefficient (Wildman–Crippen LogP) is 4.07. The number of piperazine rings is 1. The molecule has 1 saturated heterocycles. The molecular formula is C23H29F3N4O2. The number of aromatic nitrogens is 1. The molecule has 1 aromatic heterocycles. The molecule has 6 nitrogen and oxygen atoms in total. The second-order valence-corrected chi connectivity index (χ2v) is 8.64. The number of hydrogen-bond donors (Lipinski definition) is 1. The maximum Gasteiger partial charge on any atom is 0.416 e. The van der Waals surface area contributed by atoms with Crippen LogP contribution < -0.4 is 5.32 Å². The van der Waals surface area contributed by atoms with E-state index in [0.717, 1.165) is 31.7 Å². The summed E-state index contributed by atoms with van der Waals surface area (Å²) in [5, 5.41) is 3.03. The number of amides is 1. The van der Waals surface area contributed by atoms with Crippen LogP contribution in [0.5, 0.6) is 0 Å². The average Bonchev–Trinajstić information content (AvgIpc) is 3.24. The number of rotatable bonds is 6. The summed E-state index contributed by atoms with van der Waals surface area (Å²) in [6.07, 6.45) is 2.58. The van der Waals surface area contributed by atoms with Gasteiger partial charge >= 0.3 is 6.18 Å². The van der Waals surface area contributed by atoms with E-state index >= 15 is 0 Å². The van der Waals surface area contributed by atoms with Gasteiger partial charge in [-0.15, -0.1) is 0 Å². The van der Waals surface area contributed by atoms with Gasteiger partial charge in [0.2, 0.25) is 5.89 Å². The Balaban J connectivity index is 1.26. The molecule has 2 aliphatic rings. The minimum absolute atomic E-state index is 0.194. The lowest BCUT2D eigenvalue weighted by Crippen LogP contribution is -2.45. The Bertz CT molecular complexity index is 901. The predicted molar refractivity (Wildman–Crippen MR) is 113 cm³/mol. The lowest BCUT2D eigenvalue weighted by Gasteiger charge is -2.34.